The van der Waals surface area contributed by atoms with Gasteiger partial charge in [-0.2, -0.15) is 5.10 Å². The lowest BCUT2D eigenvalue weighted by atomic mass is 9.85. The highest BCUT2D eigenvalue weighted by atomic mass is 16.5. The number of allylic oxidation sites excluding steroid dienone is 1. The molecule has 2 aliphatic heterocycles. The van der Waals surface area contributed by atoms with Crippen molar-refractivity contribution in [2.45, 2.75) is 90.4 Å². The zero-order valence-electron chi connectivity index (χ0n) is 31.1. The van der Waals surface area contributed by atoms with Crippen LogP contribution in [0.2, 0.25) is 0 Å². The number of pyridine rings is 1. The molecule has 282 valence electrons. The van der Waals surface area contributed by atoms with Crippen molar-refractivity contribution in [3.63, 3.8) is 0 Å². The number of amides is 2. The van der Waals surface area contributed by atoms with E-state index in [0.717, 1.165) is 80.3 Å². The number of piperidine rings is 1. The zero-order chi connectivity index (χ0) is 37.0. The fraction of sp³-hybridized carbons (Fsp3) is 0.513. The molecule has 2 saturated heterocycles. The molecule has 3 atom stereocenters. The van der Waals surface area contributed by atoms with E-state index in [0.29, 0.717) is 36.6 Å². The number of fused-ring (bicyclic) bond motifs is 2. The lowest BCUT2D eigenvalue weighted by Gasteiger charge is -2.32. The Morgan fingerprint density at radius 3 is 2.58 bits per heavy atom. The summed E-state index contributed by atoms with van der Waals surface area (Å²) in [4.78, 5) is 18.2. The topological polar surface area (TPSA) is 161 Å². The first kappa shape index (κ1) is 36.4. The maximum Gasteiger partial charge on any atom is 0.320 e. The van der Waals surface area contributed by atoms with Crippen molar-refractivity contribution in [1.29, 1.82) is 5.41 Å². The van der Waals surface area contributed by atoms with Gasteiger partial charge in [0.05, 0.1) is 37.3 Å². The molecule has 7 rings (SSSR count). The van der Waals surface area contributed by atoms with Crippen molar-refractivity contribution in [3.05, 3.63) is 78.0 Å². The third-order valence-corrected chi connectivity index (χ3v) is 10.6. The van der Waals surface area contributed by atoms with Gasteiger partial charge < -0.3 is 30.8 Å². The largest absolute Gasteiger partial charge is 0.484 e. The third kappa shape index (κ3) is 8.65. The number of nitrogens with zero attached hydrogens (tertiary/aromatic N) is 7. The number of hydrogen-bond acceptors (Lipinski definition) is 10. The summed E-state index contributed by atoms with van der Waals surface area (Å²) in [6.07, 6.45) is 14.2. The van der Waals surface area contributed by atoms with Crippen LogP contribution in [0.1, 0.15) is 89.0 Å². The molecule has 14 heteroatoms. The molecule has 2 amide bonds. The van der Waals surface area contributed by atoms with E-state index in [1.54, 1.807) is 12.3 Å². The fourth-order valence-electron chi connectivity index (χ4n) is 7.54. The van der Waals surface area contributed by atoms with Crippen molar-refractivity contribution < 1.29 is 14.6 Å². The van der Waals surface area contributed by atoms with Gasteiger partial charge in [0.15, 0.2) is 5.65 Å². The molecule has 3 aromatic heterocycles. The summed E-state index contributed by atoms with van der Waals surface area (Å²) in [5.74, 6) is 1.99. The van der Waals surface area contributed by atoms with Crippen LogP contribution in [-0.4, -0.2) is 85.0 Å². The Morgan fingerprint density at radius 1 is 0.981 bits per heavy atom. The Labute approximate surface area is 311 Å². The number of likely N-dealkylation sites (tertiary alicyclic amines) is 1. The van der Waals surface area contributed by atoms with Crippen LogP contribution in [0, 0.1) is 10.8 Å². The van der Waals surface area contributed by atoms with E-state index in [1.165, 1.54) is 6.42 Å². The number of aliphatic hydroxyl groups is 1. The molecule has 14 nitrogen and oxygen atoms in total. The molecule has 0 bridgehead atoms. The van der Waals surface area contributed by atoms with Gasteiger partial charge >= 0.3 is 6.03 Å². The van der Waals surface area contributed by atoms with Gasteiger partial charge in [0.25, 0.3) is 0 Å². The lowest BCUT2D eigenvalue weighted by molar-refractivity contribution is 0.154. The van der Waals surface area contributed by atoms with Gasteiger partial charge in [0, 0.05) is 49.1 Å². The van der Waals surface area contributed by atoms with Crippen LogP contribution in [0.3, 0.4) is 0 Å². The van der Waals surface area contributed by atoms with E-state index in [4.69, 9.17) is 10.1 Å². The van der Waals surface area contributed by atoms with Crippen molar-refractivity contribution in [2.24, 2.45) is 5.41 Å². The standard InChI is InChI=1S/C39H53N11O3/c1-39(2,3)34(40)22-35(42-27-23-41-49(24-27)21-20-47-19-9-10-28(47)26-51)44-37(52)43-32-14-15-33(31-12-6-5-11-30(31)32)53-29-13-16-36-45-46-38(50(36)25-29)48-17-7-4-8-18-48/h5-6,11-13,16,22-25,28,32-33,40,42,51H,4,7-10,14-15,17-21,26H2,1-3H3,(H2,43,44,52)/b35-22+,40-34?/t28-,32?,33?/m0/s1. The summed E-state index contributed by atoms with van der Waals surface area (Å²) in [6, 6.07) is 11.6. The van der Waals surface area contributed by atoms with Crippen LogP contribution < -0.4 is 25.6 Å². The Balaban J connectivity index is 1.01. The van der Waals surface area contributed by atoms with E-state index < -0.39 is 5.41 Å². The summed E-state index contributed by atoms with van der Waals surface area (Å²) in [7, 11) is 0. The van der Waals surface area contributed by atoms with Crippen LogP contribution in [0.4, 0.5) is 16.4 Å². The maximum absolute atomic E-state index is 13.6. The van der Waals surface area contributed by atoms with Crippen molar-refractivity contribution in [2.75, 3.05) is 43.0 Å². The molecule has 4 aromatic rings. The summed E-state index contributed by atoms with van der Waals surface area (Å²) in [5, 5.41) is 41.2. The third-order valence-electron chi connectivity index (χ3n) is 10.6. The molecule has 5 N–H and O–H groups in total. The van der Waals surface area contributed by atoms with Gasteiger partial charge in [0.1, 0.15) is 17.7 Å². The number of carbonyl (C=O) groups excluding carboxylic acids is 1. The summed E-state index contributed by atoms with van der Waals surface area (Å²) >= 11 is 0. The van der Waals surface area contributed by atoms with Crippen LogP contribution in [0.25, 0.3) is 5.65 Å². The summed E-state index contributed by atoms with van der Waals surface area (Å²) < 4.78 is 10.5. The number of nitrogens with one attached hydrogen (secondary N) is 4. The van der Waals surface area contributed by atoms with Gasteiger partial charge in [-0.1, -0.05) is 45.0 Å². The zero-order valence-corrected chi connectivity index (χ0v) is 31.1. The van der Waals surface area contributed by atoms with Crippen LogP contribution in [-0.2, 0) is 6.54 Å². The van der Waals surface area contributed by atoms with Crippen LogP contribution in [0.5, 0.6) is 5.75 Å². The predicted molar refractivity (Wildman–Crippen MR) is 205 cm³/mol. The minimum Gasteiger partial charge on any atom is -0.484 e. The Hall–Kier alpha value is -4.95. The SMILES string of the molecule is CC(C)(C)C(=N)/C=C(/NC(=O)NC1CCC(Oc2ccc3nnc(N4CCCCC4)n3c2)c2ccccc21)Nc1cnn(CCN2CCC[C@H]2CO)c1. The average Bonchev–Trinajstić information content (AvgIpc) is 3.91. The monoisotopic (exact) mass is 723 g/mol. The first-order valence-corrected chi connectivity index (χ1v) is 19.0. The Morgan fingerprint density at radius 2 is 1.79 bits per heavy atom. The van der Waals surface area contributed by atoms with E-state index in [-0.39, 0.29) is 30.8 Å². The molecule has 2 fully saturated rings. The highest BCUT2D eigenvalue weighted by Crippen LogP contribution is 2.39. The molecule has 3 aliphatic rings. The second-order valence-electron chi connectivity index (χ2n) is 15.5. The second kappa shape index (κ2) is 16.0. The molecule has 53 heavy (non-hydrogen) atoms. The number of urea groups is 1. The normalized spacial score (nSPS) is 21.0. The minimum atomic E-state index is -0.417. The number of aromatic nitrogens is 5. The highest BCUT2D eigenvalue weighted by Gasteiger charge is 2.30. The first-order chi connectivity index (χ1) is 25.6. The number of ether oxygens (including phenoxy) is 1. The quantitative estimate of drug-likeness (QED) is 0.117. The molecule has 0 spiro atoms. The van der Waals surface area contributed by atoms with E-state index in [2.05, 4.69) is 53.2 Å². The average molecular weight is 724 g/mol. The molecule has 1 aliphatic carbocycles. The molecule has 2 unspecified atom stereocenters. The number of carbonyl (C=O) groups is 1. The van der Waals surface area contributed by atoms with Gasteiger partial charge in [0.2, 0.25) is 5.95 Å². The van der Waals surface area contributed by atoms with E-state index in [1.807, 2.05) is 66.5 Å². The number of anilines is 2. The predicted octanol–water partition coefficient (Wildman–Crippen LogP) is 5.65. The molecule has 1 aromatic carbocycles. The molecular weight excluding hydrogens is 671 g/mol. The molecular formula is C39H53N11O3. The number of benzene rings is 1. The summed E-state index contributed by atoms with van der Waals surface area (Å²) in [5.41, 5.74) is 3.50. The van der Waals surface area contributed by atoms with Crippen LogP contribution >= 0.6 is 0 Å². The van der Waals surface area contributed by atoms with Gasteiger partial charge in [-0.05, 0) is 74.8 Å². The minimum absolute atomic E-state index is 0.176. The van der Waals surface area contributed by atoms with Gasteiger partial charge in [-0.3, -0.25) is 19.3 Å². The summed E-state index contributed by atoms with van der Waals surface area (Å²) in [6.45, 7) is 10.5. The van der Waals surface area contributed by atoms with Crippen molar-refractivity contribution in [3.8, 4) is 5.75 Å². The highest BCUT2D eigenvalue weighted by molar-refractivity contribution is 5.97. The molecule has 5 heterocycles. The second-order valence-corrected chi connectivity index (χ2v) is 15.5. The molecule has 0 saturated carbocycles. The smallest absolute Gasteiger partial charge is 0.320 e. The van der Waals surface area contributed by atoms with Gasteiger partial charge in [-0.15, -0.1) is 10.2 Å². The number of hydrogen-bond donors (Lipinski definition) is 5. The van der Waals surface area contributed by atoms with Crippen LogP contribution in [0.15, 0.2) is 66.9 Å². The van der Waals surface area contributed by atoms with E-state index >= 15 is 0 Å². The Bertz CT molecular complexity index is 1920. The maximum atomic E-state index is 13.6. The van der Waals surface area contributed by atoms with Crippen molar-refractivity contribution in [1.82, 2.24) is 39.9 Å². The fourth-order valence-corrected chi connectivity index (χ4v) is 7.54. The van der Waals surface area contributed by atoms with Crippen molar-refractivity contribution >= 4 is 29.0 Å². The van der Waals surface area contributed by atoms with Gasteiger partial charge in [-0.25, -0.2) is 4.79 Å². The number of rotatable bonds is 12. The lowest BCUT2D eigenvalue weighted by Crippen LogP contribution is -2.41. The Kier molecular flexibility index (Phi) is 11.0. The number of aliphatic hydroxyl groups excluding tert-OH is 1. The van der Waals surface area contributed by atoms with E-state index in [9.17, 15) is 9.90 Å². The first-order valence-electron chi connectivity index (χ1n) is 19.0. The molecule has 0 radical (unpaired) electrons.